The molecule has 8 nitrogen and oxygen atoms in total. The zero-order valence-corrected chi connectivity index (χ0v) is 17.2. The maximum Gasteiger partial charge on any atom is 0.312 e. The highest BCUT2D eigenvalue weighted by Gasteiger charge is 2.25. The molecule has 2 aromatic rings. The molecule has 1 N–H and O–H groups in total. The molecular formula is C20H23N3O5S. The number of benzene rings is 1. The highest BCUT2D eigenvalue weighted by molar-refractivity contribution is 7.14. The van der Waals surface area contributed by atoms with Crippen LogP contribution in [0.4, 0.5) is 5.13 Å². The average molecular weight is 417 g/mol. The summed E-state index contributed by atoms with van der Waals surface area (Å²) in [6, 6.07) is 7.31. The molecule has 0 radical (unpaired) electrons. The van der Waals surface area contributed by atoms with Crippen LogP contribution in [0.1, 0.15) is 31.0 Å². The Kier molecular flexibility index (Phi) is 6.82. The lowest BCUT2D eigenvalue weighted by molar-refractivity contribution is -0.154. The van der Waals surface area contributed by atoms with Gasteiger partial charge in [0.05, 0.1) is 19.2 Å². The molecule has 2 amide bonds. The minimum atomic E-state index is -0.918. The second-order valence-corrected chi connectivity index (χ2v) is 7.48. The van der Waals surface area contributed by atoms with E-state index in [0.717, 1.165) is 17.7 Å². The zero-order valence-electron chi connectivity index (χ0n) is 16.3. The summed E-state index contributed by atoms with van der Waals surface area (Å²) < 4.78 is 10.3. The molecule has 0 spiro atoms. The molecule has 29 heavy (non-hydrogen) atoms. The second kappa shape index (κ2) is 9.51. The first-order valence-corrected chi connectivity index (χ1v) is 10.2. The number of aromatic nitrogens is 1. The minimum absolute atomic E-state index is 0.0470. The van der Waals surface area contributed by atoms with Crippen molar-refractivity contribution in [2.45, 2.75) is 38.8 Å². The van der Waals surface area contributed by atoms with Crippen LogP contribution in [0.3, 0.4) is 0 Å². The molecule has 9 heteroatoms. The summed E-state index contributed by atoms with van der Waals surface area (Å²) in [5.41, 5.74) is 1.43. The summed E-state index contributed by atoms with van der Waals surface area (Å²) in [6.45, 7) is 2.50. The summed E-state index contributed by atoms with van der Waals surface area (Å²) in [6.07, 6.45) is 0.382. The quantitative estimate of drug-likeness (QED) is 0.661. The Morgan fingerprint density at radius 2 is 2.07 bits per heavy atom. The predicted octanol–water partition coefficient (Wildman–Crippen LogP) is 2.07. The van der Waals surface area contributed by atoms with Gasteiger partial charge in [0.25, 0.3) is 5.91 Å². The lowest BCUT2D eigenvalue weighted by Crippen LogP contribution is -2.35. The highest BCUT2D eigenvalue weighted by atomic mass is 32.1. The number of hydrogen-bond acceptors (Lipinski definition) is 7. The lowest BCUT2D eigenvalue weighted by atomic mass is 10.2. The van der Waals surface area contributed by atoms with Crippen LogP contribution in [0, 0.1) is 0 Å². The highest BCUT2D eigenvalue weighted by Crippen LogP contribution is 2.25. The van der Waals surface area contributed by atoms with Gasteiger partial charge in [0, 0.05) is 24.9 Å². The fourth-order valence-electron chi connectivity index (χ4n) is 2.87. The number of nitrogens with zero attached hydrogens (tertiary/aromatic N) is 2. The van der Waals surface area contributed by atoms with Gasteiger partial charge >= 0.3 is 5.97 Å². The number of methoxy groups -OCH3 is 1. The van der Waals surface area contributed by atoms with Crippen LogP contribution >= 0.6 is 11.3 Å². The van der Waals surface area contributed by atoms with Gasteiger partial charge in [0.15, 0.2) is 11.2 Å². The van der Waals surface area contributed by atoms with E-state index >= 15 is 0 Å². The SMILES string of the molecule is COc1ccc(CNC(=O)[C@@H](C)OC(=O)Cc2csc(N3CCCC3=O)n2)cc1. The smallest absolute Gasteiger partial charge is 0.312 e. The predicted molar refractivity (Wildman–Crippen MR) is 108 cm³/mol. The molecule has 3 rings (SSSR count). The topological polar surface area (TPSA) is 97.8 Å². The van der Waals surface area contributed by atoms with Crippen LogP contribution in [-0.4, -0.2) is 42.5 Å². The molecule has 1 atom stereocenters. The van der Waals surface area contributed by atoms with Crippen molar-refractivity contribution in [1.29, 1.82) is 0 Å². The van der Waals surface area contributed by atoms with Crippen molar-refractivity contribution < 1.29 is 23.9 Å². The summed E-state index contributed by atoms with van der Waals surface area (Å²) in [7, 11) is 1.59. The fourth-order valence-corrected chi connectivity index (χ4v) is 3.74. The Balaban J connectivity index is 1.45. The number of amides is 2. The summed E-state index contributed by atoms with van der Waals surface area (Å²) >= 11 is 1.32. The van der Waals surface area contributed by atoms with E-state index in [0.29, 0.717) is 30.3 Å². The maximum atomic E-state index is 12.2. The Bertz CT molecular complexity index is 880. The van der Waals surface area contributed by atoms with E-state index in [1.54, 1.807) is 17.4 Å². The Labute approximate surface area is 172 Å². The first-order chi connectivity index (χ1) is 14.0. The number of nitrogens with one attached hydrogen (secondary N) is 1. The molecule has 1 fully saturated rings. The van der Waals surface area contributed by atoms with Crippen molar-refractivity contribution in [3.05, 3.63) is 40.9 Å². The van der Waals surface area contributed by atoms with Gasteiger partial charge in [-0.1, -0.05) is 12.1 Å². The third-order valence-corrected chi connectivity index (χ3v) is 5.39. The first-order valence-electron chi connectivity index (χ1n) is 9.31. The van der Waals surface area contributed by atoms with Gasteiger partial charge in [-0.25, -0.2) is 4.98 Å². The zero-order chi connectivity index (χ0) is 20.8. The van der Waals surface area contributed by atoms with Gasteiger partial charge in [0.1, 0.15) is 5.75 Å². The third-order valence-electron chi connectivity index (χ3n) is 4.47. The molecule has 1 aromatic heterocycles. The summed E-state index contributed by atoms with van der Waals surface area (Å²) in [5.74, 6) is -0.130. The normalized spacial score (nSPS) is 14.6. The van der Waals surface area contributed by atoms with E-state index in [1.807, 2.05) is 24.3 Å². The van der Waals surface area contributed by atoms with Crippen LogP contribution in [0.2, 0.25) is 0 Å². The first kappa shape index (κ1) is 20.8. The number of anilines is 1. The fraction of sp³-hybridized carbons (Fsp3) is 0.400. The largest absolute Gasteiger partial charge is 0.497 e. The van der Waals surface area contributed by atoms with E-state index in [1.165, 1.54) is 18.3 Å². The van der Waals surface area contributed by atoms with Gasteiger partial charge in [-0.15, -0.1) is 11.3 Å². The number of rotatable bonds is 8. The molecule has 1 saturated heterocycles. The third kappa shape index (κ3) is 5.54. The number of hydrogen-bond donors (Lipinski definition) is 1. The number of carbonyl (C=O) groups is 3. The number of esters is 1. The second-order valence-electron chi connectivity index (χ2n) is 6.65. The molecule has 1 aromatic carbocycles. The summed E-state index contributed by atoms with van der Waals surface area (Å²) in [4.78, 5) is 42.0. The molecule has 0 unspecified atom stereocenters. The van der Waals surface area contributed by atoms with Crippen LogP contribution < -0.4 is 15.0 Å². The Morgan fingerprint density at radius 1 is 1.31 bits per heavy atom. The standard InChI is InChI=1S/C20H23N3O5S/c1-13(19(26)21-11-14-5-7-16(27-2)8-6-14)28-18(25)10-15-12-29-20(22-15)23-9-3-4-17(23)24/h5-8,12-13H,3-4,9-11H2,1-2H3,(H,21,26)/t13-/m1/s1. The van der Waals surface area contributed by atoms with Gasteiger partial charge < -0.3 is 14.8 Å². The van der Waals surface area contributed by atoms with Crippen molar-refractivity contribution in [2.24, 2.45) is 0 Å². The van der Waals surface area contributed by atoms with Gasteiger partial charge in [0.2, 0.25) is 5.91 Å². The van der Waals surface area contributed by atoms with Gasteiger partial charge in [-0.2, -0.15) is 0 Å². The molecule has 0 saturated carbocycles. The van der Waals surface area contributed by atoms with Crippen molar-refractivity contribution >= 4 is 34.3 Å². The summed E-state index contributed by atoms with van der Waals surface area (Å²) in [5, 5.41) is 5.07. The van der Waals surface area contributed by atoms with Crippen LogP contribution in [0.25, 0.3) is 0 Å². The number of carbonyl (C=O) groups excluding carboxylic acids is 3. The lowest BCUT2D eigenvalue weighted by Gasteiger charge is -2.13. The van der Waals surface area contributed by atoms with Crippen molar-refractivity contribution in [3.63, 3.8) is 0 Å². The van der Waals surface area contributed by atoms with E-state index in [4.69, 9.17) is 9.47 Å². The molecular weight excluding hydrogens is 394 g/mol. The number of thiazole rings is 1. The van der Waals surface area contributed by atoms with Gasteiger partial charge in [-0.3, -0.25) is 19.3 Å². The van der Waals surface area contributed by atoms with Crippen LogP contribution in [-0.2, 0) is 32.1 Å². The Morgan fingerprint density at radius 3 is 2.72 bits per heavy atom. The molecule has 0 bridgehead atoms. The van der Waals surface area contributed by atoms with Gasteiger partial charge in [-0.05, 0) is 31.0 Å². The van der Waals surface area contributed by atoms with Crippen LogP contribution in [0.15, 0.2) is 29.6 Å². The van der Waals surface area contributed by atoms with E-state index in [-0.39, 0.29) is 18.2 Å². The molecule has 1 aliphatic rings. The van der Waals surface area contributed by atoms with E-state index < -0.39 is 12.1 Å². The van der Waals surface area contributed by atoms with E-state index in [2.05, 4.69) is 10.3 Å². The van der Waals surface area contributed by atoms with E-state index in [9.17, 15) is 14.4 Å². The van der Waals surface area contributed by atoms with Crippen molar-refractivity contribution in [3.8, 4) is 5.75 Å². The van der Waals surface area contributed by atoms with Crippen molar-refractivity contribution in [2.75, 3.05) is 18.6 Å². The molecule has 2 heterocycles. The monoisotopic (exact) mass is 417 g/mol. The molecule has 0 aliphatic carbocycles. The molecule has 154 valence electrons. The van der Waals surface area contributed by atoms with Crippen LogP contribution in [0.5, 0.6) is 5.75 Å². The molecule has 1 aliphatic heterocycles. The van der Waals surface area contributed by atoms with Crippen molar-refractivity contribution in [1.82, 2.24) is 10.3 Å². The minimum Gasteiger partial charge on any atom is -0.497 e. The number of ether oxygens (including phenoxy) is 2. The average Bonchev–Trinajstić information content (AvgIpc) is 3.34. The maximum absolute atomic E-state index is 12.2. The Hall–Kier alpha value is -2.94.